The Hall–Kier alpha value is -1.06. The van der Waals surface area contributed by atoms with Crippen LogP contribution in [0.25, 0.3) is 0 Å². The van der Waals surface area contributed by atoms with Crippen molar-refractivity contribution in [1.29, 1.82) is 0 Å². The number of rotatable bonds is 2. The molecule has 1 unspecified atom stereocenters. The maximum Gasteiger partial charge on any atom is 0.308 e. The molecule has 0 amide bonds. The molecule has 0 aromatic rings. The molecule has 2 aliphatic rings. The third kappa shape index (κ3) is 1.70. The fourth-order valence-electron chi connectivity index (χ4n) is 3.20. The molecular formula is C12H18O4. The molecule has 4 heteroatoms. The van der Waals surface area contributed by atoms with Gasteiger partial charge < -0.3 is 9.47 Å². The summed E-state index contributed by atoms with van der Waals surface area (Å²) >= 11 is 0. The van der Waals surface area contributed by atoms with E-state index in [1.165, 1.54) is 7.11 Å². The first-order chi connectivity index (χ1) is 7.59. The van der Waals surface area contributed by atoms with Crippen LogP contribution in [0, 0.1) is 11.8 Å². The van der Waals surface area contributed by atoms with Crippen LogP contribution in [-0.2, 0) is 19.1 Å². The Bertz CT molecular complexity index is 312. The number of methoxy groups -OCH3 is 1. The lowest BCUT2D eigenvalue weighted by molar-refractivity contribution is -0.160. The van der Waals surface area contributed by atoms with E-state index in [1.54, 1.807) is 0 Å². The second-order valence-electron chi connectivity index (χ2n) is 4.85. The van der Waals surface area contributed by atoms with Gasteiger partial charge in [0.2, 0.25) is 0 Å². The van der Waals surface area contributed by atoms with Gasteiger partial charge in [-0.15, -0.1) is 0 Å². The van der Waals surface area contributed by atoms with E-state index in [2.05, 4.69) is 0 Å². The highest BCUT2D eigenvalue weighted by atomic mass is 16.6. The normalized spacial score (nSPS) is 35.1. The molecule has 1 saturated carbocycles. The maximum atomic E-state index is 11.6. The number of carbonyl (C=O) groups excluding carboxylic acids is 2. The van der Waals surface area contributed by atoms with Crippen LogP contribution in [-0.4, -0.2) is 24.6 Å². The van der Waals surface area contributed by atoms with Crippen LogP contribution < -0.4 is 0 Å². The van der Waals surface area contributed by atoms with E-state index in [9.17, 15) is 9.59 Å². The van der Waals surface area contributed by atoms with Crippen molar-refractivity contribution in [2.24, 2.45) is 11.8 Å². The van der Waals surface area contributed by atoms with Gasteiger partial charge in [0.15, 0.2) is 0 Å². The van der Waals surface area contributed by atoms with Crippen molar-refractivity contribution in [3.05, 3.63) is 0 Å². The topological polar surface area (TPSA) is 52.6 Å². The molecule has 2 rings (SSSR count). The Labute approximate surface area is 95.3 Å². The highest BCUT2D eigenvalue weighted by Crippen LogP contribution is 2.49. The zero-order valence-corrected chi connectivity index (χ0v) is 9.82. The molecular weight excluding hydrogens is 208 g/mol. The molecule has 0 N–H and O–H groups in total. The van der Waals surface area contributed by atoms with Crippen molar-refractivity contribution in [1.82, 2.24) is 0 Å². The van der Waals surface area contributed by atoms with Crippen LogP contribution in [0.1, 0.15) is 39.0 Å². The second-order valence-corrected chi connectivity index (χ2v) is 4.85. The van der Waals surface area contributed by atoms with Gasteiger partial charge >= 0.3 is 11.9 Å². The molecule has 0 bridgehead atoms. The zero-order chi connectivity index (χ0) is 11.8. The minimum Gasteiger partial charge on any atom is -0.469 e. The van der Waals surface area contributed by atoms with Crippen molar-refractivity contribution in [3.8, 4) is 0 Å². The molecule has 0 radical (unpaired) electrons. The molecule has 1 aliphatic heterocycles. The number of esters is 2. The molecule has 1 saturated heterocycles. The summed E-state index contributed by atoms with van der Waals surface area (Å²) in [6, 6.07) is 0. The van der Waals surface area contributed by atoms with E-state index in [0.717, 1.165) is 25.7 Å². The third-order valence-electron chi connectivity index (χ3n) is 4.04. The summed E-state index contributed by atoms with van der Waals surface area (Å²) in [4.78, 5) is 22.8. The van der Waals surface area contributed by atoms with Crippen molar-refractivity contribution in [3.63, 3.8) is 0 Å². The van der Waals surface area contributed by atoms with Crippen LogP contribution in [0.2, 0.25) is 0 Å². The first kappa shape index (κ1) is 11.4. The van der Waals surface area contributed by atoms with Gasteiger partial charge in [0.25, 0.3) is 0 Å². The molecule has 4 nitrogen and oxygen atoms in total. The van der Waals surface area contributed by atoms with E-state index < -0.39 is 0 Å². The second kappa shape index (κ2) is 4.07. The fraction of sp³-hybridized carbons (Fsp3) is 0.833. The van der Waals surface area contributed by atoms with Crippen LogP contribution in [0.3, 0.4) is 0 Å². The van der Waals surface area contributed by atoms with E-state index in [4.69, 9.17) is 9.47 Å². The van der Waals surface area contributed by atoms with E-state index >= 15 is 0 Å². The van der Waals surface area contributed by atoms with Crippen molar-refractivity contribution >= 4 is 11.9 Å². The monoisotopic (exact) mass is 226 g/mol. The lowest BCUT2D eigenvalue weighted by atomic mass is 9.80. The summed E-state index contributed by atoms with van der Waals surface area (Å²) < 4.78 is 10.3. The summed E-state index contributed by atoms with van der Waals surface area (Å²) in [5, 5.41) is 0. The summed E-state index contributed by atoms with van der Waals surface area (Å²) in [7, 11) is 1.40. The van der Waals surface area contributed by atoms with Crippen LogP contribution in [0.4, 0.5) is 0 Å². The molecule has 90 valence electrons. The van der Waals surface area contributed by atoms with Crippen LogP contribution in [0.15, 0.2) is 0 Å². The molecule has 1 heterocycles. The first-order valence-corrected chi connectivity index (χ1v) is 5.89. The Morgan fingerprint density at radius 2 is 2.31 bits per heavy atom. The number of ether oxygens (including phenoxy) is 2. The largest absolute Gasteiger partial charge is 0.469 e. The van der Waals surface area contributed by atoms with Crippen LogP contribution in [0.5, 0.6) is 0 Å². The summed E-state index contributed by atoms with van der Waals surface area (Å²) in [6.07, 6.45) is 4.12. The van der Waals surface area contributed by atoms with Gasteiger partial charge in [-0.05, 0) is 25.7 Å². The summed E-state index contributed by atoms with van der Waals surface area (Å²) in [5.41, 5.74) is -0.370. The molecule has 2 fully saturated rings. The SMILES string of the molecule is COC(=O)C(C)[C@H]1CCC[C@]12CCC(=O)O2. The van der Waals surface area contributed by atoms with Gasteiger partial charge in [0.1, 0.15) is 5.60 Å². The third-order valence-corrected chi connectivity index (χ3v) is 4.04. The van der Waals surface area contributed by atoms with Gasteiger partial charge in [0, 0.05) is 12.3 Å². The number of hydrogen-bond donors (Lipinski definition) is 0. The standard InChI is InChI=1S/C12H18O4/c1-8(11(14)15-2)9-4-3-6-12(9)7-5-10(13)16-12/h8-9H,3-7H2,1-2H3/t8?,9-,12+/m1/s1. The molecule has 0 aromatic heterocycles. The molecule has 0 aromatic carbocycles. The van der Waals surface area contributed by atoms with Crippen molar-refractivity contribution in [2.75, 3.05) is 7.11 Å². The predicted octanol–water partition coefficient (Wildman–Crippen LogP) is 1.67. The van der Waals surface area contributed by atoms with Gasteiger partial charge in [-0.2, -0.15) is 0 Å². The van der Waals surface area contributed by atoms with E-state index in [-0.39, 0.29) is 29.4 Å². The average Bonchev–Trinajstić information content (AvgIpc) is 2.84. The van der Waals surface area contributed by atoms with Crippen LogP contribution >= 0.6 is 0 Å². The predicted molar refractivity (Wildman–Crippen MR) is 56.6 cm³/mol. The number of carbonyl (C=O) groups is 2. The quantitative estimate of drug-likeness (QED) is 0.672. The lowest BCUT2D eigenvalue weighted by Crippen LogP contribution is -2.39. The van der Waals surface area contributed by atoms with Gasteiger partial charge in [-0.25, -0.2) is 0 Å². The molecule has 3 atom stereocenters. The Balaban J connectivity index is 2.14. The van der Waals surface area contributed by atoms with Gasteiger partial charge in [-0.1, -0.05) is 6.92 Å². The fourth-order valence-corrected chi connectivity index (χ4v) is 3.20. The highest BCUT2D eigenvalue weighted by molar-refractivity contribution is 5.74. The minimum absolute atomic E-state index is 0.121. The zero-order valence-electron chi connectivity index (χ0n) is 9.82. The van der Waals surface area contributed by atoms with Gasteiger partial charge in [-0.3, -0.25) is 9.59 Å². The van der Waals surface area contributed by atoms with Crippen molar-refractivity contribution < 1.29 is 19.1 Å². The Morgan fingerprint density at radius 1 is 1.56 bits per heavy atom. The maximum absolute atomic E-state index is 11.6. The highest BCUT2D eigenvalue weighted by Gasteiger charge is 2.53. The first-order valence-electron chi connectivity index (χ1n) is 5.89. The van der Waals surface area contributed by atoms with Crippen molar-refractivity contribution in [2.45, 2.75) is 44.6 Å². The molecule has 1 aliphatic carbocycles. The number of hydrogen-bond acceptors (Lipinski definition) is 4. The van der Waals surface area contributed by atoms with Gasteiger partial charge in [0.05, 0.1) is 13.0 Å². The minimum atomic E-state index is -0.370. The summed E-state index contributed by atoms with van der Waals surface area (Å²) in [5.74, 6) is -0.372. The van der Waals surface area contributed by atoms with E-state index in [0.29, 0.717) is 6.42 Å². The average molecular weight is 226 g/mol. The lowest BCUT2D eigenvalue weighted by Gasteiger charge is -2.32. The Morgan fingerprint density at radius 3 is 2.88 bits per heavy atom. The summed E-state index contributed by atoms with van der Waals surface area (Å²) in [6.45, 7) is 1.87. The molecule has 16 heavy (non-hydrogen) atoms. The molecule has 1 spiro atoms. The smallest absolute Gasteiger partial charge is 0.308 e. The van der Waals surface area contributed by atoms with E-state index in [1.807, 2.05) is 6.92 Å². The Kier molecular flexibility index (Phi) is 2.91.